The van der Waals surface area contributed by atoms with Crippen LogP contribution in [0.5, 0.6) is 11.5 Å². The Morgan fingerprint density at radius 3 is 1.40 bits per heavy atom. The first-order valence-electron chi connectivity index (χ1n) is 36.9. The summed E-state index contributed by atoms with van der Waals surface area (Å²) in [6.45, 7) is 30.2. The second-order valence-corrected chi connectivity index (χ2v) is 29.3. The van der Waals surface area contributed by atoms with Crippen LogP contribution in [0.3, 0.4) is 0 Å². The number of ketones is 1. The number of hydrogen-bond acceptors (Lipinski definition) is 13. The number of esters is 4. The number of hydrogen-bond donors (Lipinski definition) is 0. The molecular weight excluding hydrogens is 1570 g/mol. The van der Waals surface area contributed by atoms with Crippen molar-refractivity contribution in [3.8, 4) is 11.5 Å². The van der Waals surface area contributed by atoms with Crippen molar-refractivity contribution in [1.82, 2.24) is 0 Å². The number of benzene rings is 5. The zero-order chi connectivity index (χ0) is 78.8. The molecule has 20 heteroatoms. The molecule has 0 saturated heterocycles. The van der Waals surface area contributed by atoms with Gasteiger partial charge in [-0.25, -0.2) is 14.4 Å². The molecule has 5 aromatic rings. The number of halogens is 6. The van der Waals surface area contributed by atoms with Crippen molar-refractivity contribution in [3.05, 3.63) is 203 Å². The van der Waals surface area contributed by atoms with E-state index in [0.717, 1.165) is 99.5 Å². The Morgan fingerprint density at radius 2 is 0.962 bits per heavy atom. The summed E-state index contributed by atoms with van der Waals surface area (Å²) in [4.78, 5) is 57.9. The normalized spacial score (nSPS) is 15.2. The van der Waals surface area contributed by atoms with Crippen LogP contribution in [0.25, 0.3) is 0 Å². The van der Waals surface area contributed by atoms with Crippen LogP contribution in [0, 0.1) is 37.5 Å². The van der Waals surface area contributed by atoms with Gasteiger partial charge in [-0.05, 0) is 189 Å². The molecule has 7 rings (SSSR count). The average Bonchev–Trinajstić information content (AvgIpc) is 0.791. The molecule has 0 atom stereocenters. The predicted molar refractivity (Wildman–Crippen MR) is 418 cm³/mol. The number of aryl methyl sites for hydroxylation is 3. The maximum atomic E-state index is 14.9. The second kappa shape index (κ2) is 55.1. The van der Waals surface area contributed by atoms with E-state index in [1.54, 1.807) is 64.1 Å². The number of alkyl halides is 4. The van der Waals surface area contributed by atoms with Crippen LogP contribution < -0.4 is 26.5 Å². The van der Waals surface area contributed by atoms with Gasteiger partial charge in [-0.15, -0.1) is 0 Å². The topological polar surface area (TPSA) is 159 Å². The molecule has 0 spiro atoms. The molecule has 2 radical (unpaired) electrons. The van der Waals surface area contributed by atoms with E-state index < -0.39 is 18.0 Å². The van der Waals surface area contributed by atoms with E-state index in [1.165, 1.54) is 135 Å². The van der Waals surface area contributed by atoms with Gasteiger partial charge < -0.3 is 37.9 Å². The molecule has 2 aliphatic carbocycles. The quantitative estimate of drug-likeness (QED) is 0.00441. The molecule has 582 valence electrons. The Bertz CT molecular complexity index is 3260. The van der Waals surface area contributed by atoms with Gasteiger partial charge in [0, 0.05) is 42.1 Å². The van der Waals surface area contributed by atoms with Crippen LogP contribution in [0.15, 0.2) is 164 Å². The molecule has 0 aromatic heterocycles. The van der Waals surface area contributed by atoms with Gasteiger partial charge in [-0.3, -0.25) is 9.59 Å². The van der Waals surface area contributed by atoms with Gasteiger partial charge in [-0.2, -0.15) is 17.6 Å². The van der Waals surface area contributed by atoms with E-state index in [-0.39, 0.29) is 80.8 Å². The molecule has 105 heavy (non-hydrogen) atoms. The molecule has 0 N–H and O–H groups in total. The number of unbranched alkanes of at least 4 members (excludes halogenated alkanes) is 8. The molecule has 2 aliphatic rings. The SMILES string of the molecule is C=C(C)C(=O)OC.C=C(C)C(=O)OCCCCCCOC(=O)C1CCC(C2CCC(CCCCC)CC2)CC1.C=C(C)C(=O)OCCCCCCc1ccc(C(F)(F)Oc2ccc(OC(F)(F)c3ccc(C)cc3)cc2C)cc1.CC.CC.COC(OC)(C(=O)c1ccccc1)c1ccccc1.[B][I-]I. The number of carbonyl (C=O) groups is 5. The average molecular weight is 1690 g/mol. The van der Waals surface area contributed by atoms with Crippen LogP contribution >= 0.6 is 18.6 Å². The van der Waals surface area contributed by atoms with Crippen LogP contribution in [0.1, 0.15) is 228 Å². The summed E-state index contributed by atoms with van der Waals surface area (Å²) < 4.78 is 99.5. The zero-order valence-electron chi connectivity index (χ0n) is 64.7. The monoisotopic (exact) mass is 1690 g/mol. The summed E-state index contributed by atoms with van der Waals surface area (Å²) in [7, 11) is 4.27. The Morgan fingerprint density at radius 1 is 0.524 bits per heavy atom. The molecule has 0 bridgehead atoms. The number of carbonyl (C=O) groups excluding carboxylic acids is 5. The van der Waals surface area contributed by atoms with Crippen molar-refractivity contribution in [1.29, 1.82) is 0 Å². The standard InChI is InChI=1S/C32H34F4O4.C28H48O4.C16H16O3.C5H8O2.2C2H6.BI2/c1-22(2)30(37)38-20-8-6-5-7-9-25-12-16-27(17-13-25)32(35,36)40-29-19-18-28(21-24(29)4)39-31(33,34)26-14-10-23(3)11-15-26;1-4-5-8-11-23-12-14-24(15-13-23)25-16-18-26(19-17-25)28(30)32-21-10-7-6-9-20-31-27(29)22(2)3;1-18-16(19-2,14-11-7-4-8-12-14)15(17)13-9-5-3-6-10-13;1-4(2)5(6)7-3;2*1-2;1-3-2/h10-19,21H,1,5-9,20H2,2-4H3;23-26H,2,4-21H2,1,3H3;3-12H,1-2H3;1H2,2-3H3;2*1-2H3;/q;;;;;;-1. The first kappa shape index (κ1) is 96.6. The van der Waals surface area contributed by atoms with Gasteiger partial charge >= 0.3 is 77.4 Å². The number of ether oxygens (including phenoxy) is 8. The molecule has 0 heterocycles. The first-order chi connectivity index (χ1) is 50.2. The number of methoxy groups -OCH3 is 3. The van der Waals surface area contributed by atoms with Crippen LogP contribution in [0.2, 0.25) is 0 Å². The van der Waals surface area contributed by atoms with Gasteiger partial charge in [-0.1, -0.05) is 196 Å². The van der Waals surface area contributed by atoms with E-state index in [9.17, 15) is 41.5 Å². The van der Waals surface area contributed by atoms with E-state index >= 15 is 0 Å². The molecule has 5 aromatic carbocycles. The fourth-order valence-corrected chi connectivity index (χ4v) is 11.7. The van der Waals surface area contributed by atoms with Crippen molar-refractivity contribution < 1.29 is 96.4 Å². The number of Topliss-reactive ketones (excluding diaryl/α,β-unsaturated/α-hetero) is 1. The molecule has 2 fully saturated rings. The van der Waals surface area contributed by atoms with E-state index in [0.29, 0.717) is 47.7 Å². The van der Waals surface area contributed by atoms with Crippen LogP contribution in [-0.4, -0.2) is 76.5 Å². The Hall–Kier alpha value is -6.37. The molecule has 0 amide bonds. The summed E-state index contributed by atoms with van der Waals surface area (Å²) in [6.07, 6.45) is 16.4. The van der Waals surface area contributed by atoms with E-state index in [2.05, 4.69) is 50.0 Å². The molecule has 0 unspecified atom stereocenters. The summed E-state index contributed by atoms with van der Waals surface area (Å²) in [5.74, 6) is -0.104. The fourth-order valence-electron chi connectivity index (χ4n) is 11.7. The minimum atomic E-state index is -3.63. The van der Waals surface area contributed by atoms with Crippen molar-refractivity contribution in [2.24, 2.45) is 23.7 Å². The Kier molecular flexibility index (Phi) is 50.7. The molecule has 13 nitrogen and oxygen atoms in total. The Balaban J connectivity index is 0.000000751. The fraction of sp³-hybridized carbons (Fsp3) is 0.518. The van der Waals surface area contributed by atoms with Gasteiger partial charge in [0.15, 0.2) is 0 Å². The third kappa shape index (κ3) is 37.3. The van der Waals surface area contributed by atoms with Crippen molar-refractivity contribution in [2.45, 2.75) is 222 Å². The molecule has 2 saturated carbocycles. The third-order valence-electron chi connectivity index (χ3n) is 17.6. The van der Waals surface area contributed by atoms with Gasteiger partial charge in [0.25, 0.3) is 5.79 Å². The summed E-state index contributed by atoms with van der Waals surface area (Å²) in [5, 5.41) is 0. The second-order valence-electron chi connectivity index (χ2n) is 25.6. The summed E-state index contributed by atoms with van der Waals surface area (Å²) >= 11 is 2.24. The molecular formula is C85H118BF4I2O13-. The van der Waals surface area contributed by atoms with Crippen LogP contribution in [0.4, 0.5) is 17.6 Å². The Labute approximate surface area is 647 Å². The van der Waals surface area contributed by atoms with Crippen molar-refractivity contribution in [3.63, 3.8) is 0 Å². The minimum absolute atomic E-state index is 0.0264. The van der Waals surface area contributed by atoms with E-state index in [4.69, 9.17) is 38.9 Å². The van der Waals surface area contributed by atoms with E-state index in [1.807, 2.05) is 76.2 Å². The van der Waals surface area contributed by atoms with Crippen molar-refractivity contribution in [2.75, 3.05) is 41.2 Å². The van der Waals surface area contributed by atoms with Crippen molar-refractivity contribution >= 4 is 54.0 Å². The maximum absolute atomic E-state index is 14.9. The van der Waals surface area contributed by atoms with Gasteiger partial charge in [0.1, 0.15) is 11.5 Å². The first-order valence-corrected chi connectivity index (χ1v) is 44.4. The third-order valence-corrected chi connectivity index (χ3v) is 17.6. The number of rotatable bonds is 34. The van der Waals surface area contributed by atoms with Gasteiger partial charge in [0.05, 0.1) is 44.0 Å². The molecule has 0 aliphatic heterocycles. The van der Waals surface area contributed by atoms with Crippen LogP contribution in [-0.2, 0) is 72.0 Å². The summed E-state index contributed by atoms with van der Waals surface area (Å²) in [5.41, 5.74) is 8.76. The van der Waals surface area contributed by atoms with Gasteiger partial charge in [0.2, 0.25) is 5.78 Å². The predicted octanol–water partition coefficient (Wildman–Crippen LogP) is 19.5. The summed E-state index contributed by atoms with van der Waals surface area (Å²) in [6, 6.07) is 33.4. The zero-order valence-corrected chi connectivity index (χ0v) is 69.0.